The van der Waals surface area contributed by atoms with Gasteiger partial charge in [0.15, 0.2) is 0 Å². The molecule has 6 heteroatoms. The molecule has 2 atom stereocenters. The molecule has 6 nitrogen and oxygen atoms in total. The molecule has 0 bridgehead atoms. The number of rotatable bonds is 12. The van der Waals surface area contributed by atoms with Crippen LogP contribution in [0.2, 0.25) is 0 Å². The maximum Gasteiger partial charge on any atom is 0.0856 e. The fourth-order valence-corrected chi connectivity index (χ4v) is 1.47. The first-order valence-corrected chi connectivity index (χ1v) is 5.96. The number of ether oxygens (including phenoxy) is 2. The highest BCUT2D eigenvalue weighted by Gasteiger charge is 2.18. The number of aliphatic hydroxyl groups excluding tert-OH is 4. The molecule has 0 spiro atoms. The minimum Gasteiger partial charge on any atom is -0.396 e. The SMILES string of the molecule is OCCOCCCC(O)C(CCO)OCCO. The predicted molar refractivity (Wildman–Crippen MR) is 61.7 cm³/mol. The Morgan fingerprint density at radius 1 is 0.824 bits per heavy atom. The van der Waals surface area contributed by atoms with E-state index in [0.717, 1.165) is 0 Å². The average Bonchev–Trinajstić information content (AvgIpc) is 2.34. The molecule has 2 unspecified atom stereocenters. The van der Waals surface area contributed by atoms with Crippen molar-refractivity contribution in [1.82, 2.24) is 0 Å². The molecular formula is C11H24O6. The number of hydrogen-bond donors (Lipinski definition) is 4. The summed E-state index contributed by atoms with van der Waals surface area (Å²) in [5.74, 6) is 0. The first-order chi connectivity index (χ1) is 8.26. The quantitative estimate of drug-likeness (QED) is 0.329. The molecule has 0 aromatic carbocycles. The molecule has 0 aliphatic carbocycles. The van der Waals surface area contributed by atoms with Crippen LogP contribution in [0, 0.1) is 0 Å². The first kappa shape index (κ1) is 16.8. The second-order valence-corrected chi connectivity index (χ2v) is 3.69. The van der Waals surface area contributed by atoms with Gasteiger partial charge in [0.05, 0.1) is 38.6 Å². The van der Waals surface area contributed by atoms with E-state index in [1.165, 1.54) is 0 Å². The lowest BCUT2D eigenvalue weighted by Gasteiger charge is -2.22. The van der Waals surface area contributed by atoms with Crippen LogP contribution in [0.4, 0.5) is 0 Å². The van der Waals surface area contributed by atoms with Crippen LogP contribution in [0.25, 0.3) is 0 Å². The molecule has 0 aliphatic heterocycles. The maximum atomic E-state index is 9.80. The van der Waals surface area contributed by atoms with Crippen LogP contribution in [-0.2, 0) is 9.47 Å². The predicted octanol–water partition coefficient (Wildman–Crippen LogP) is -1.10. The second kappa shape index (κ2) is 12.2. The van der Waals surface area contributed by atoms with Crippen molar-refractivity contribution < 1.29 is 29.9 Å². The Balaban J connectivity index is 3.68. The van der Waals surface area contributed by atoms with Gasteiger partial charge in [-0.05, 0) is 19.3 Å². The number of aliphatic hydroxyl groups is 4. The Bertz CT molecular complexity index is 155. The summed E-state index contributed by atoms with van der Waals surface area (Å²) in [6.45, 7) is 0.765. The van der Waals surface area contributed by atoms with Gasteiger partial charge in [0.2, 0.25) is 0 Å². The van der Waals surface area contributed by atoms with Crippen LogP contribution < -0.4 is 0 Å². The van der Waals surface area contributed by atoms with E-state index in [9.17, 15) is 5.11 Å². The van der Waals surface area contributed by atoms with Crippen molar-refractivity contribution in [1.29, 1.82) is 0 Å². The lowest BCUT2D eigenvalue weighted by molar-refractivity contribution is -0.0618. The van der Waals surface area contributed by atoms with E-state index in [1.54, 1.807) is 0 Å². The Labute approximate surface area is 102 Å². The zero-order valence-electron chi connectivity index (χ0n) is 10.1. The van der Waals surface area contributed by atoms with Crippen LogP contribution in [0.15, 0.2) is 0 Å². The third kappa shape index (κ3) is 9.46. The molecule has 0 radical (unpaired) electrons. The zero-order chi connectivity index (χ0) is 12.9. The Morgan fingerprint density at radius 3 is 2.12 bits per heavy atom. The average molecular weight is 252 g/mol. The molecule has 0 saturated heterocycles. The molecule has 4 N–H and O–H groups in total. The van der Waals surface area contributed by atoms with Gasteiger partial charge in [0.25, 0.3) is 0 Å². The van der Waals surface area contributed by atoms with Crippen molar-refractivity contribution in [2.75, 3.05) is 39.6 Å². The molecular weight excluding hydrogens is 228 g/mol. The van der Waals surface area contributed by atoms with Crippen molar-refractivity contribution in [3.63, 3.8) is 0 Å². The van der Waals surface area contributed by atoms with E-state index >= 15 is 0 Å². The lowest BCUT2D eigenvalue weighted by Crippen LogP contribution is -2.31. The minimum absolute atomic E-state index is 0.00466. The van der Waals surface area contributed by atoms with E-state index in [2.05, 4.69) is 0 Å². The molecule has 0 aromatic heterocycles. The first-order valence-electron chi connectivity index (χ1n) is 5.96. The van der Waals surface area contributed by atoms with Crippen LogP contribution >= 0.6 is 0 Å². The Morgan fingerprint density at radius 2 is 1.53 bits per heavy atom. The van der Waals surface area contributed by atoms with E-state index in [0.29, 0.717) is 32.5 Å². The zero-order valence-corrected chi connectivity index (χ0v) is 10.1. The molecule has 0 heterocycles. The van der Waals surface area contributed by atoms with E-state index in [4.69, 9.17) is 24.8 Å². The normalized spacial score (nSPS) is 14.8. The van der Waals surface area contributed by atoms with E-state index < -0.39 is 12.2 Å². The van der Waals surface area contributed by atoms with Gasteiger partial charge in [-0.25, -0.2) is 0 Å². The van der Waals surface area contributed by atoms with Crippen molar-refractivity contribution in [2.45, 2.75) is 31.5 Å². The summed E-state index contributed by atoms with van der Waals surface area (Å²) < 4.78 is 10.3. The van der Waals surface area contributed by atoms with Gasteiger partial charge in [0.1, 0.15) is 0 Å². The molecule has 0 saturated carbocycles. The van der Waals surface area contributed by atoms with E-state index in [1.807, 2.05) is 0 Å². The second-order valence-electron chi connectivity index (χ2n) is 3.69. The Kier molecular flexibility index (Phi) is 12.1. The van der Waals surface area contributed by atoms with Gasteiger partial charge >= 0.3 is 0 Å². The summed E-state index contributed by atoms with van der Waals surface area (Å²) in [4.78, 5) is 0. The highest BCUT2D eigenvalue weighted by Crippen LogP contribution is 2.10. The summed E-state index contributed by atoms with van der Waals surface area (Å²) in [7, 11) is 0. The van der Waals surface area contributed by atoms with Gasteiger partial charge in [-0.3, -0.25) is 0 Å². The van der Waals surface area contributed by atoms with Crippen molar-refractivity contribution in [3.8, 4) is 0 Å². The van der Waals surface area contributed by atoms with E-state index in [-0.39, 0.29) is 26.4 Å². The fourth-order valence-electron chi connectivity index (χ4n) is 1.47. The largest absolute Gasteiger partial charge is 0.396 e. The molecule has 0 rings (SSSR count). The van der Waals surface area contributed by atoms with Crippen molar-refractivity contribution in [2.24, 2.45) is 0 Å². The topological polar surface area (TPSA) is 99.4 Å². The van der Waals surface area contributed by atoms with Gasteiger partial charge in [-0.2, -0.15) is 0 Å². The van der Waals surface area contributed by atoms with Crippen LogP contribution in [-0.4, -0.2) is 72.3 Å². The lowest BCUT2D eigenvalue weighted by atomic mass is 10.1. The molecule has 0 aliphatic rings. The molecule has 17 heavy (non-hydrogen) atoms. The maximum absolute atomic E-state index is 9.80. The molecule has 0 aromatic rings. The summed E-state index contributed by atoms with van der Waals surface area (Å²) in [5, 5.41) is 35.7. The van der Waals surface area contributed by atoms with Crippen LogP contribution in [0.1, 0.15) is 19.3 Å². The third-order valence-electron chi connectivity index (χ3n) is 2.29. The van der Waals surface area contributed by atoms with Crippen LogP contribution in [0.5, 0.6) is 0 Å². The van der Waals surface area contributed by atoms with Gasteiger partial charge in [-0.1, -0.05) is 0 Å². The standard InChI is InChI=1S/C11H24O6/c12-4-3-11(17-9-6-14)10(15)2-1-7-16-8-5-13/h10-15H,1-9H2. The summed E-state index contributed by atoms with van der Waals surface area (Å²) in [6, 6.07) is 0. The summed E-state index contributed by atoms with van der Waals surface area (Å²) >= 11 is 0. The van der Waals surface area contributed by atoms with Crippen molar-refractivity contribution >= 4 is 0 Å². The number of hydrogen-bond acceptors (Lipinski definition) is 6. The molecule has 104 valence electrons. The summed E-state index contributed by atoms with van der Waals surface area (Å²) in [5.41, 5.74) is 0. The van der Waals surface area contributed by atoms with Gasteiger partial charge in [0, 0.05) is 13.2 Å². The summed E-state index contributed by atoms with van der Waals surface area (Å²) in [6.07, 6.45) is 0.377. The van der Waals surface area contributed by atoms with Gasteiger partial charge in [-0.15, -0.1) is 0 Å². The van der Waals surface area contributed by atoms with Crippen molar-refractivity contribution in [3.05, 3.63) is 0 Å². The smallest absolute Gasteiger partial charge is 0.0856 e. The van der Waals surface area contributed by atoms with Gasteiger partial charge < -0.3 is 29.9 Å². The third-order valence-corrected chi connectivity index (χ3v) is 2.29. The minimum atomic E-state index is -0.675. The monoisotopic (exact) mass is 252 g/mol. The molecule has 0 fully saturated rings. The highest BCUT2D eigenvalue weighted by atomic mass is 16.5. The highest BCUT2D eigenvalue weighted by molar-refractivity contribution is 4.69. The Hall–Kier alpha value is -0.240. The fraction of sp³-hybridized carbons (Fsp3) is 1.00. The molecule has 0 amide bonds. The van der Waals surface area contributed by atoms with Crippen LogP contribution in [0.3, 0.4) is 0 Å².